The van der Waals surface area contributed by atoms with Crippen LogP contribution in [0.15, 0.2) is 0 Å². The van der Waals surface area contributed by atoms with Crippen molar-refractivity contribution in [3.8, 4) is 0 Å². The number of carbonyl (C=O) groups excluding carboxylic acids is 2. The minimum atomic E-state index is -0.133. The zero-order valence-electron chi connectivity index (χ0n) is 18.3. The highest BCUT2D eigenvalue weighted by Crippen LogP contribution is 2.67. The summed E-state index contributed by atoms with van der Waals surface area (Å²) in [6, 6.07) is 0. The summed E-state index contributed by atoms with van der Waals surface area (Å²) in [6.45, 7) is 10.5. The Kier molecular flexibility index (Phi) is 5.07. The van der Waals surface area contributed by atoms with E-state index in [0.717, 1.165) is 31.1 Å². The maximum atomic E-state index is 11.7. The third-order valence-corrected chi connectivity index (χ3v) is 9.53. The van der Waals surface area contributed by atoms with Crippen LogP contribution in [0.1, 0.15) is 86.0 Å². The van der Waals surface area contributed by atoms with E-state index in [9.17, 15) is 9.59 Å². The van der Waals surface area contributed by atoms with E-state index in [1.165, 1.54) is 39.0 Å². The number of carbonyl (C=O) groups is 2. The number of hydrogen-bond acceptors (Lipinski definition) is 4. The molecule has 0 bridgehead atoms. The molecule has 1 unspecified atom stereocenters. The Hall–Kier alpha value is -1.06. The van der Waals surface area contributed by atoms with Gasteiger partial charge in [-0.3, -0.25) is 9.59 Å². The molecule has 4 aliphatic carbocycles. The Bertz CT molecular complexity index is 645. The molecule has 0 spiro atoms. The van der Waals surface area contributed by atoms with Gasteiger partial charge in [-0.05, 0) is 86.4 Å². The molecule has 4 nitrogen and oxygen atoms in total. The lowest BCUT2D eigenvalue weighted by atomic mass is 9.43. The summed E-state index contributed by atoms with van der Waals surface area (Å²) >= 11 is 0. The number of rotatable bonds is 2. The highest BCUT2D eigenvalue weighted by atomic mass is 16.5. The summed E-state index contributed by atoms with van der Waals surface area (Å²) in [6.07, 6.45) is 9.39. The van der Waals surface area contributed by atoms with E-state index in [2.05, 4.69) is 20.8 Å². The van der Waals surface area contributed by atoms with Gasteiger partial charge in [0.25, 0.3) is 0 Å². The molecule has 28 heavy (non-hydrogen) atoms. The van der Waals surface area contributed by atoms with Crippen molar-refractivity contribution < 1.29 is 19.1 Å². The molecular weight excluding hydrogens is 352 g/mol. The minimum absolute atomic E-state index is 0.105. The lowest BCUT2D eigenvalue weighted by Gasteiger charge is -2.62. The minimum Gasteiger partial charge on any atom is -0.463 e. The van der Waals surface area contributed by atoms with Gasteiger partial charge in [-0.25, -0.2) is 0 Å². The number of ether oxygens (including phenoxy) is 2. The maximum absolute atomic E-state index is 11.7. The van der Waals surface area contributed by atoms with Gasteiger partial charge >= 0.3 is 11.9 Å². The van der Waals surface area contributed by atoms with Crippen LogP contribution in [0, 0.1) is 40.4 Å². The molecule has 4 heteroatoms. The molecule has 4 aliphatic rings. The van der Waals surface area contributed by atoms with Gasteiger partial charge in [0.1, 0.15) is 12.2 Å². The summed E-state index contributed by atoms with van der Waals surface area (Å²) in [5.41, 5.74) is 0.522. The molecule has 4 saturated carbocycles. The van der Waals surface area contributed by atoms with Gasteiger partial charge in [0.15, 0.2) is 0 Å². The summed E-state index contributed by atoms with van der Waals surface area (Å²) < 4.78 is 11.4. The molecule has 0 heterocycles. The van der Waals surface area contributed by atoms with Crippen LogP contribution in [0.25, 0.3) is 0 Å². The van der Waals surface area contributed by atoms with Gasteiger partial charge < -0.3 is 9.47 Å². The Morgan fingerprint density at radius 2 is 1.46 bits per heavy atom. The molecule has 0 aromatic carbocycles. The fourth-order valence-electron chi connectivity index (χ4n) is 8.29. The molecule has 158 valence electrons. The lowest BCUT2D eigenvalue weighted by molar-refractivity contribution is -0.175. The van der Waals surface area contributed by atoms with E-state index in [0.29, 0.717) is 23.2 Å². The van der Waals surface area contributed by atoms with Crippen molar-refractivity contribution in [3.63, 3.8) is 0 Å². The van der Waals surface area contributed by atoms with Crippen LogP contribution in [-0.4, -0.2) is 24.1 Å². The predicted molar refractivity (Wildman–Crippen MR) is 107 cm³/mol. The van der Waals surface area contributed by atoms with Crippen molar-refractivity contribution in [1.29, 1.82) is 0 Å². The highest BCUT2D eigenvalue weighted by molar-refractivity contribution is 5.66. The largest absolute Gasteiger partial charge is 0.463 e. The quantitative estimate of drug-likeness (QED) is 0.613. The molecule has 4 fully saturated rings. The second-order valence-corrected chi connectivity index (χ2v) is 10.9. The van der Waals surface area contributed by atoms with Crippen LogP contribution in [0.3, 0.4) is 0 Å². The first-order chi connectivity index (χ1) is 13.1. The van der Waals surface area contributed by atoms with Crippen LogP contribution in [0.4, 0.5) is 0 Å². The molecule has 0 N–H and O–H groups in total. The zero-order valence-corrected chi connectivity index (χ0v) is 18.3. The van der Waals surface area contributed by atoms with E-state index in [-0.39, 0.29) is 29.6 Å². The third kappa shape index (κ3) is 3.10. The van der Waals surface area contributed by atoms with Crippen LogP contribution >= 0.6 is 0 Å². The van der Waals surface area contributed by atoms with E-state index in [1.54, 1.807) is 6.92 Å². The zero-order chi connectivity index (χ0) is 20.3. The van der Waals surface area contributed by atoms with Gasteiger partial charge in [-0.1, -0.05) is 20.8 Å². The lowest BCUT2D eigenvalue weighted by Crippen LogP contribution is -2.57. The first-order valence-corrected chi connectivity index (χ1v) is 11.5. The molecule has 0 saturated heterocycles. The number of fused-ring (bicyclic) bond motifs is 5. The smallest absolute Gasteiger partial charge is 0.302 e. The van der Waals surface area contributed by atoms with E-state index in [4.69, 9.17) is 9.47 Å². The average Bonchev–Trinajstić information content (AvgIpc) is 2.92. The molecule has 4 rings (SSSR count). The van der Waals surface area contributed by atoms with E-state index in [1.807, 2.05) is 0 Å². The second-order valence-electron chi connectivity index (χ2n) is 10.9. The first kappa shape index (κ1) is 20.2. The monoisotopic (exact) mass is 390 g/mol. The number of hydrogen-bond donors (Lipinski definition) is 0. The standard InChI is InChI=1S/C24H38O4/c1-14-12-17-13-18(27-15(2)25)8-10-23(17,4)20-9-11-24(5)19(22(14)20)6-7-21(24)28-16(3)26/h14,17-22H,6-13H2,1-5H3/t14?,17-,18+,19-,20-,21-,22-,23-,24-/m0/s1. The molecule has 0 aliphatic heterocycles. The molecule has 0 aromatic heterocycles. The fourth-order valence-corrected chi connectivity index (χ4v) is 8.29. The topological polar surface area (TPSA) is 52.6 Å². The summed E-state index contributed by atoms with van der Waals surface area (Å²) in [5, 5.41) is 0. The molecule has 0 amide bonds. The van der Waals surface area contributed by atoms with Crippen molar-refractivity contribution in [3.05, 3.63) is 0 Å². The SMILES string of the molecule is CC(=O)O[C@@H]1CC[C@@]2(C)[C@@H](CC(C)[C@@H]3[C@@H]2CC[C@]2(C)[C@@H](OC(C)=O)CC[C@@H]32)C1. The van der Waals surface area contributed by atoms with Gasteiger partial charge in [0, 0.05) is 19.3 Å². The molecule has 0 aromatic rings. The van der Waals surface area contributed by atoms with Crippen LogP contribution in [0.2, 0.25) is 0 Å². The highest BCUT2D eigenvalue weighted by Gasteiger charge is 2.62. The first-order valence-electron chi connectivity index (χ1n) is 11.5. The van der Waals surface area contributed by atoms with Crippen molar-refractivity contribution in [2.24, 2.45) is 40.4 Å². The summed E-state index contributed by atoms with van der Waals surface area (Å²) in [7, 11) is 0. The van der Waals surface area contributed by atoms with Gasteiger partial charge in [0.2, 0.25) is 0 Å². The fraction of sp³-hybridized carbons (Fsp3) is 0.917. The molecule has 9 atom stereocenters. The van der Waals surface area contributed by atoms with Gasteiger partial charge in [-0.15, -0.1) is 0 Å². The van der Waals surface area contributed by atoms with Crippen LogP contribution in [0.5, 0.6) is 0 Å². The average molecular weight is 391 g/mol. The third-order valence-electron chi connectivity index (χ3n) is 9.53. The van der Waals surface area contributed by atoms with E-state index >= 15 is 0 Å². The maximum Gasteiger partial charge on any atom is 0.302 e. The van der Waals surface area contributed by atoms with Crippen molar-refractivity contribution in [2.75, 3.05) is 0 Å². The van der Waals surface area contributed by atoms with Gasteiger partial charge in [0.05, 0.1) is 0 Å². The summed E-state index contributed by atoms with van der Waals surface area (Å²) in [5.74, 6) is 3.28. The number of esters is 2. The van der Waals surface area contributed by atoms with Crippen molar-refractivity contribution in [1.82, 2.24) is 0 Å². The Balaban J connectivity index is 1.56. The second kappa shape index (κ2) is 7.02. The Morgan fingerprint density at radius 1 is 0.821 bits per heavy atom. The van der Waals surface area contributed by atoms with Crippen molar-refractivity contribution >= 4 is 11.9 Å². The predicted octanol–water partition coefficient (Wildman–Crippen LogP) is 5.14. The van der Waals surface area contributed by atoms with Crippen LogP contribution < -0.4 is 0 Å². The van der Waals surface area contributed by atoms with Crippen molar-refractivity contribution in [2.45, 2.75) is 98.2 Å². The molecule has 0 radical (unpaired) electrons. The Labute approximate surface area is 170 Å². The van der Waals surface area contributed by atoms with E-state index < -0.39 is 0 Å². The van der Waals surface area contributed by atoms with Crippen LogP contribution in [-0.2, 0) is 19.1 Å². The Morgan fingerprint density at radius 3 is 2.14 bits per heavy atom. The normalized spacial score (nSPS) is 50.1. The summed E-state index contributed by atoms with van der Waals surface area (Å²) in [4.78, 5) is 23.1. The van der Waals surface area contributed by atoms with Gasteiger partial charge in [-0.2, -0.15) is 0 Å². The molecular formula is C24H38O4.